The molecule has 0 amide bonds. The fourth-order valence-corrected chi connectivity index (χ4v) is 2.09. The Balaban J connectivity index is 2.31. The molecule has 5 heteroatoms. The normalized spacial score (nSPS) is 10.3. The maximum absolute atomic E-state index is 13.6. The molecule has 0 aromatic heterocycles. The van der Waals surface area contributed by atoms with Crippen molar-refractivity contribution < 1.29 is 9.13 Å². The van der Waals surface area contributed by atoms with Crippen molar-refractivity contribution in [3.05, 3.63) is 51.2 Å². The van der Waals surface area contributed by atoms with E-state index in [4.69, 9.17) is 10.5 Å². The summed E-state index contributed by atoms with van der Waals surface area (Å²) in [6, 6.07) is 9.69. The van der Waals surface area contributed by atoms with Gasteiger partial charge in [-0.1, -0.05) is 15.9 Å². The Kier molecular flexibility index (Phi) is 3.69. The van der Waals surface area contributed by atoms with Crippen LogP contribution in [0.2, 0.25) is 0 Å². The van der Waals surface area contributed by atoms with Crippen LogP contribution in [0.1, 0.15) is 0 Å². The predicted molar refractivity (Wildman–Crippen MR) is 72.7 cm³/mol. The van der Waals surface area contributed by atoms with Gasteiger partial charge in [-0.2, -0.15) is 0 Å². The van der Waals surface area contributed by atoms with Crippen LogP contribution in [-0.2, 0) is 0 Å². The summed E-state index contributed by atoms with van der Waals surface area (Å²) in [7, 11) is 0. The summed E-state index contributed by atoms with van der Waals surface area (Å²) in [4.78, 5) is 0. The van der Waals surface area contributed by atoms with Gasteiger partial charge in [-0.05, 0) is 52.3 Å². The Morgan fingerprint density at radius 3 is 2.35 bits per heavy atom. The van der Waals surface area contributed by atoms with Gasteiger partial charge in [-0.3, -0.25) is 0 Å². The van der Waals surface area contributed by atoms with Crippen molar-refractivity contribution in [3.63, 3.8) is 0 Å². The largest absolute Gasteiger partial charge is 0.453 e. The molecule has 0 aliphatic heterocycles. The van der Waals surface area contributed by atoms with Crippen molar-refractivity contribution in [3.8, 4) is 11.5 Å². The Morgan fingerprint density at radius 2 is 1.71 bits per heavy atom. The first-order valence-corrected chi connectivity index (χ1v) is 6.33. The first-order valence-electron chi connectivity index (χ1n) is 4.74. The van der Waals surface area contributed by atoms with E-state index in [1.54, 1.807) is 30.3 Å². The molecule has 0 saturated heterocycles. The van der Waals surface area contributed by atoms with Gasteiger partial charge in [-0.15, -0.1) is 0 Å². The molecule has 0 atom stereocenters. The molecule has 0 fully saturated rings. The average molecular weight is 361 g/mol. The molecule has 0 bridgehead atoms. The molecule has 17 heavy (non-hydrogen) atoms. The molecule has 0 spiro atoms. The second-order valence-corrected chi connectivity index (χ2v) is 5.14. The highest BCUT2D eigenvalue weighted by molar-refractivity contribution is 9.10. The molecule has 2 nitrogen and oxygen atoms in total. The molecule has 2 aromatic rings. The number of ether oxygens (including phenoxy) is 1. The van der Waals surface area contributed by atoms with Crippen LogP contribution < -0.4 is 10.5 Å². The Labute approximate surface area is 115 Å². The molecule has 0 unspecified atom stereocenters. The predicted octanol–water partition coefficient (Wildman–Crippen LogP) is 4.73. The lowest BCUT2D eigenvalue weighted by atomic mass is 10.3. The van der Waals surface area contributed by atoms with Crippen LogP contribution >= 0.6 is 31.9 Å². The number of halogens is 3. The van der Waals surface area contributed by atoms with Crippen molar-refractivity contribution in [1.29, 1.82) is 0 Å². The summed E-state index contributed by atoms with van der Waals surface area (Å²) in [5.74, 6) is 0.252. The number of anilines is 1. The topological polar surface area (TPSA) is 35.2 Å². The van der Waals surface area contributed by atoms with Gasteiger partial charge in [0, 0.05) is 10.2 Å². The molecule has 0 aliphatic carbocycles. The van der Waals surface area contributed by atoms with Crippen molar-refractivity contribution >= 4 is 37.5 Å². The second kappa shape index (κ2) is 5.06. The molecule has 88 valence electrons. The summed E-state index contributed by atoms with van der Waals surface area (Å²) in [6.45, 7) is 0. The molecular weight excluding hydrogens is 353 g/mol. The van der Waals surface area contributed by atoms with Crippen LogP contribution in [0.4, 0.5) is 10.1 Å². The highest BCUT2D eigenvalue weighted by atomic mass is 79.9. The van der Waals surface area contributed by atoms with E-state index >= 15 is 0 Å². The Bertz CT molecular complexity index is 511. The highest BCUT2D eigenvalue weighted by Crippen LogP contribution is 2.33. The van der Waals surface area contributed by atoms with E-state index in [9.17, 15) is 4.39 Å². The van der Waals surface area contributed by atoms with Gasteiger partial charge in [0.15, 0.2) is 11.6 Å². The van der Waals surface area contributed by atoms with E-state index in [-0.39, 0.29) is 5.75 Å². The number of nitrogens with two attached hydrogens (primary N) is 1. The van der Waals surface area contributed by atoms with Crippen molar-refractivity contribution in [2.24, 2.45) is 0 Å². The summed E-state index contributed by atoms with van der Waals surface area (Å²) >= 11 is 6.49. The minimum absolute atomic E-state index is 0.165. The summed E-state index contributed by atoms with van der Waals surface area (Å²) in [6.07, 6.45) is 0. The number of hydrogen-bond donors (Lipinski definition) is 1. The van der Waals surface area contributed by atoms with Gasteiger partial charge in [0.05, 0.1) is 4.47 Å². The highest BCUT2D eigenvalue weighted by Gasteiger charge is 2.08. The summed E-state index contributed by atoms with van der Waals surface area (Å²) < 4.78 is 20.3. The van der Waals surface area contributed by atoms with Crippen molar-refractivity contribution in [2.75, 3.05) is 5.73 Å². The van der Waals surface area contributed by atoms with Crippen LogP contribution in [-0.4, -0.2) is 0 Å². The van der Waals surface area contributed by atoms with E-state index < -0.39 is 5.82 Å². The summed E-state index contributed by atoms with van der Waals surface area (Å²) in [5, 5.41) is 0. The van der Waals surface area contributed by atoms with Crippen LogP contribution in [0.25, 0.3) is 0 Å². The number of rotatable bonds is 2. The Hall–Kier alpha value is -1.07. The lowest BCUT2D eigenvalue weighted by molar-refractivity contribution is 0.440. The van der Waals surface area contributed by atoms with Crippen LogP contribution in [0, 0.1) is 5.82 Å². The van der Waals surface area contributed by atoms with Gasteiger partial charge in [0.1, 0.15) is 5.75 Å². The van der Waals surface area contributed by atoms with Crippen LogP contribution in [0.3, 0.4) is 0 Å². The Morgan fingerprint density at radius 1 is 1.00 bits per heavy atom. The zero-order chi connectivity index (χ0) is 12.4. The average Bonchev–Trinajstić information content (AvgIpc) is 2.25. The number of hydrogen-bond acceptors (Lipinski definition) is 2. The molecule has 0 heterocycles. The van der Waals surface area contributed by atoms with Gasteiger partial charge in [0.25, 0.3) is 0 Å². The van der Waals surface area contributed by atoms with E-state index in [1.165, 1.54) is 6.07 Å². The maximum Gasteiger partial charge on any atom is 0.166 e. The van der Waals surface area contributed by atoms with E-state index in [2.05, 4.69) is 31.9 Å². The third-order valence-electron chi connectivity index (χ3n) is 2.07. The molecule has 0 saturated carbocycles. The van der Waals surface area contributed by atoms with Crippen molar-refractivity contribution in [2.45, 2.75) is 0 Å². The van der Waals surface area contributed by atoms with E-state index in [0.717, 1.165) is 0 Å². The van der Waals surface area contributed by atoms with Gasteiger partial charge in [0.2, 0.25) is 0 Å². The number of nitrogen functional groups attached to an aromatic ring is 1. The SMILES string of the molecule is Nc1ccc(Oc2ccc(Br)cc2F)c(Br)c1. The standard InChI is InChI=1S/C12H8Br2FNO/c13-7-1-3-12(10(15)5-7)17-11-4-2-8(16)6-9(11)14/h1-6H,16H2. The maximum atomic E-state index is 13.6. The fourth-order valence-electron chi connectivity index (χ4n) is 1.28. The fraction of sp³-hybridized carbons (Fsp3) is 0. The first-order chi connectivity index (χ1) is 8.06. The lowest BCUT2D eigenvalue weighted by Gasteiger charge is -2.09. The van der Waals surface area contributed by atoms with Crippen LogP contribution in [0.5, 0.6) is 11.5 Å². The van der Waals surface area contributed by atoms with E-state index in [1.807, 2.05) is 0 Å². The second-order valence-electron chi connectivity index (χ2n) is 3.37. The quantitative estimate of drug-likeness (QED) is 0.786. The molecule has 2 aromatic carbocycles. The third kappa shape index (κ3) is 2.98. The zero-order valence-corrected chi connectivity index (χ0v) is 11.8. The molecular formula is C12H8Br2FNO. The monoisotopic (exact) mass is 359 g/mol. The first kappa shape index (κ1) is 12.4. The molecule has 0 aliphatic rings. The number of benzene rings is 2. The minimum Gasteiger partial charge on any atom is -0.453 e. The molecule has 2 N–H and O–H groups in total. The third-order valence-corrected chi connectivity index (χ3v) is 3.18. The van der Waals surface area contributed by atoms with Gasteiger partial charge < -0.3 is 10.5 Å². The van der Waals surface area contributed by atoms with Crippen molar-refractivity contribution in [1.82, 2.24) is 0 Å². The summed E-state index contributed by atoms with van der Waals surface area (Å²) in [5.41, 5.74) is 6.22. The van der Waals surface area contributed by atoms with Gasteiger partial charge in [-0.25, -0.2) is 4.39 Å². The molecule has 2 rings (SSSR count). The minimum atomic E-state index is -0.428. The van der Waals surface area contributed by atoms with E-state index in [0.29, 0.717) is 20.4 Å². The smallest absolute Gasteiger partial charge is 0.166 e. The lowest BCUT2D eigenvalue weighted by Crippen LogP contribution is -1.91. The van der Waals surface area contributed by atoms with Crippen LogP contribution in [0.15, 0.2) is 45.3 Å². The van der Waals surface area contributed by atoms with Gasteiger partial charge >= 0.3 is 0 Å². The molecule has 0 radical (unpaired) electrons. The zero-order valence-electron chi connectivity index (χ0n) is 8.58.